The molecule has 1 aliphatic rings. The molecular formula is C10H18N4O2S. The Bertz CT molecular complexity index is 476. The first-order chi connectivity index (χ1) is 7.99. The van der Waals surface area contributed by atoms with Crippen molar-refractivity contribution in [3.05, 3.63) is 12.4 Å². The van der Waals surface area contributed by atoms with Crippen molar-refractivity contribution in [2.75, 3.05) is 13.1 Å². The van der Waals surface area contributed by atoms with Crippen molar-refractivity contribution in [3.8, 4) is 0 Å². The summed E-state index contributed by atoms with van der Waals surface area (Å²) in [6.07, 6.45) is 3.88. The van der Waals surface area contributed by atoms with Crippen LogP contribution in [0.5, 0.6) is 0 Å². The summed E-state index contributed by atoms with van der Waals surface area (Å²) in [5, 5.41) is 7.10. The molecular weight excluding hydrogens is 240 g/mol. The van der Waals surface area contributed by atoms with Gasteiger partial charge in [0, 0.05) is 19.3 Å². The van der Waals surface area contributed by atoms with E-state index in [1.807, 2.05) is 6.92 Å². The molecule has 0 radical (unpaired) electrons. The average molecular weight is 258 g/mol. The van der Waals surface area contributed by atoms with Gasteiger partial charge in [-0.2, -0.15) is 5.10 Å². The van der Waals surface area contributed by atoms with E-state index in [0.717, 1.165) is 19.5 Å². The lowest BCUT2D eigenvalue weighted by molar-refractivity contribution is 0.444. The molecule has 1 fully saturated rings. The van der Waals surface area contributed by atoms with Crippen molar-refractivity contribution in [1.82, 2.24) is 19.8 Å². The fraction of sp³-hybridized carbons (Fsp3) is 0.700. The van der Waals surface area contributed by atoms with Gasteiger partial charge in [-0.05, 0) is 32.4 Å². The van der Waals surface area contributed by atoms with Crippen LogP contribution in [-0.4, -0.2) is 37.3 Å². The lowest BCUT2D eigenvalue weighted by Crippen LogP contribution is -2.38. The third-order valence-electron chi connectivity index (χ3n) is 3.14. The van der Waals surface area contributed by atoms with Crippen molar-refractivity contribution >= 4 is 10.0 Å². The second-order valence-corrected chi connectivity index (χ2v) is 6.23. The van der Waals surface area contributed by atoms with Crippen LogP contribution in [0.15, 0.2) is 17.3 Å². The van der Waals surface area contributed by atoms with E-state index >= 15 is 0 Å². The number of hydrogen-bond donors (Lipinski definition) is 2. The summed E-state index contributed by atoms with van der Waals surface area (Å²) in [6, 6.07) is -0.0600. The quantitative estimate of drug-likeness (QED) is 0.777. The lowest BCUT2D eigenvalue weighted by Gasteiger charge is -2.19. The number of nitrogens with one attached hydrogen (secondary N) is 2. The summed E-state index contributed by atoms with van der Waals surface area (Å²) >= 11 is 0. The number of nitrogens with zero attached hydrogens (tertiary/aromatic N) is 2. The van der Waals surface area contributed by atoms with Crippen molar-refractivity contribution < 1.29 is 8.42 Å². The Labute approximate surface area is 101 Å². The van der Waals surface area contributed by atoms with Crippen molar-refractivity contribution in [1.29, 1.82) is 0 Å². The first kappa shape index (κ1) is 12.5. The number of aryl methyl sites for hydroxylation is 1. The topological polar surface area (TPSA) is 76.0 Å². The molecule has 0 aromatic carbocycles. The van der Waals surface area contributed by atoms with Gasteiger partial charge in [0.1, 0.15) is 4.90 Å². The molecule has 96 valence electrons. The Morgan fingerprint density at radius 1 is 1.65 bits per heavy atom. The molecule has 1 saturated heterocycles. The maximum absolute atomic E-state index is 12.0. The van der Waals surface area contributed by atoms with Crippen LogP contribution in [-0.2, 0) is 17.1 Å². The van der Waals surface area contributed by atoms with Gasteiger partial charge in [0.2, 0.25) is 10.0 Å². The van der Waals surface area contributed by atoms with Gasteiger partial charge in [0.25, 0.3) is 0 Å². The van der Waals surface area contributed by atoms with E-state index in [4.69, 9.17) is 0 Å². The predicted octanol–water partition coefficient (Wildman–Crippen LogP) is -0.304. The summed E-state index contributed by atoms with van der Waals surface area (Å²) in [5.41, 5.74) is 0. The van der Waals surface area contributed by atoms with E-state index in [1.54, 1.807) is 7.05 Å². The summed E-state index contributed by atoms with van der Waals surface area (Å²) in [5.74, 6) is 0.362. The zero-order valence-corrected chi connectivity index (χ0v) is 10.9. The largest absolute Gasteiger partial charge is 0.316 e. The molecule has 2 heterocycles. The minimum atomic E-state index is -3.44. The molecule has 2 unspecified atom stereocenters. The molecule has 1 aliphatic heterocycles. The van der Waals surface area contributed by atoms with E-state index in [0.29, 0.717) is 5.92 Å². The first-order valence-electron chi connectivity index (χ1n) is 5.71. The second-order valence-electron chi connectivity index (χ2n) is 4.51. The van der Waals surface area contributed by atoms with E-state index in [1.165, 1.54) is 17.1 Å². The molecule has 0 amide bonds. The highest BCUT2D eigenvalue weighted by Gasteiger charge is 2.26. The molecule has 17 heavy (non-hydrogen) atoms. The van der Waals surface area contributed by atoms with Crippen LogP contribution < -0.4 is 10.0 Å². The highest BCUT2D eigenvalue weighted by atomic mass is 32.2. The SMILES string of the molecule is CC(NS(=O)(=O)c1cnn(C)c1)C1CCNC1. The Hall–Kier alpha value is -0.920. The molecule has 2 atom stereocenters. The third-order valence-corrected chi connectivity index (χ3v) is 4.65. The highest BCUT2D eigenvalue weighted by molar-refractivity contribution is 7.89. The van der Waals surface area contributed by atoms with Gasteiger partial charge in [0.15, 0.2) is 0 Å². The molecule has 2 N–H and O–H groups in total. The van der Waals surface area contributed by atoms with Gasteiger partial charge in [0.05, 0.1) is 6.20 Å². The zero-order valence-electron chi connectivity index (χ0n) is 10.0. The fourth-order valence-electron chi connectivity index (χ4n) is 2.05. The summed E-state index contributed by atoms with van der Waals surface area (Å²) in [4.78, 5) is 0.220. The minimum absolute atomic E-state index is 0.0600. The molecule has 6 nitrogen and oxygen atoms in total. The Kier molecular flexibility index (Phi) is 3.50. The normalized spacial score (nSPS) is 22.8. The Balaban J connectivity index is 2.06. The van der Waals surface area contributed by atoms with Crippen LogP contribution in [0.3, 0.4) is 0 Å². The van der Waals surface area contributed by atoms with Crippen molar-refractivity contribution in [2.24, 2.45) is 13.0 Å². The maximum atomic E-state index is 12.0. The molecule has 0 bridgehead atoms. The zero-order chi connectivity index (χ0) is 12.5. The van der Waals surface area contributed by atoms with Crippen LogP contribution in [0.25, 0.3) is 0 Å². The molecule has 0 spiro atoms. The Morgan fingerprint density at radius 3 is 2.94 bits per heavy atom. The van der Waals surface area contributed by atoms with Crippen LogP contribution in [0.1, 0.15) is 13.3 Å². The molecule has 0 aliphatic carbocycles. The minimum Gasteiger partial charge on any atom is -0.316 e. The van der Waals surface area contributed by atoms with Gasteiger partial charge in [-0.1, -0.05) is 0 Å². The van der Waals surface area contributed by atoms with Crippen LogP contribution in [0.4, 0.5) is 0 Å². The maximum Gasteiger partial charge on any atom is 0.243 e. The smallest absolute Gasteiger partial charge is 0.243 e. The first-order valence-corrected chi connectivity index (χ1v) is 7.19. The van der Waals surface area contributed by atoms with Crippen molar-refractivity contribution in [3.63, 3.8) is 0 Å². The molecule has 2 rings (SSSR count). The lowest BCUT2D eigenvalue weighted by atomic mass is 10.0. The molecule has 0 saturated carbocycles. The summed E-state index contributed by atoms with van der Waals surface area (Å²) in [6.45, 7) is 3.74. The van der Waals surface area contributed by atoms with Gasteiger partial charge in [-0.15, -0.1) is 0 Å². The van der Waals surface area contributed by atoms with Gasteiger partial charge >= 0.3 is 0 Å². The Morgan fingerprint density at radius 2 is 2.41 bits per heavy atom. The van der Waals surface area contributed by atoms with E-state index in [9.17, 15) is 8.42 Å². The number of sulfonamides is 1. The second kappa shape index (κ2) is 4.75. The van der Waals surface area contributed by atoms with E-state index in [-0.39, 0.29) is 10.9 Å². The fourth-order valence-corrected chi connectivity index (χ4v) is 3.35. The summed E-state index contributed by atoms with van der Waals surface area (Å²) in [7, 11) is -1.74. The third kappa shape index (κ3) is 2.85. The predicted molar refractivity (Wildman–Crippen MR) is 64.0 cm³/mol. The highest BCUT2D eigenvalue weighted by Crippen LogP contribution is 2.15. The number of hydrogen-bond acceptors (Lipinski definition) is 4. The standard InChI is InChI=1S/C10H18N4O2S/c1-8(9-3-4-11-5-9)13-17(15,16)10-6-12-14(2)7-10/h6-9,11,13H,3-5H2,1-2H3. The number of rotatable bonds is 4. The molecule has 1 aromatic rings. The van der Waals surface area contributed by atoms with Crippen LogP contribution >= 0.6 is 0 Å². The molecule has 1 aromatic heterocycles. The van der Waals surface area contributed by atoms with Crippen LogP contribution in [0.2, 0.25) is 0 Å². The monoisotopic (exact) mass is 258 g/mol. The number of aromatic nitrogens is 2. The van der Waals surface area contributed by atoms with Gasteiger partial charge in [-0.25, -0.2) is 13.1 Å². The molecule has 7 heteroatoms. The summed E-state index contributed by atoms with van der Waals surface area (Å²) < 4.78 is 28.2. The van der Waals surface area contributed by atoms with Crippen LogP contribution in [0, 0.1) is 5.92 Å². The average Bonchev–Trinajstić information content (AvgIpc) is 2.86. The van der Waals surface area contributed by atoms with Gasteiger partial charge < -0.3 is 5.32 Å². The van der Waals surface area contributed by atoms with Crippen molar-refractivity contribution in [2.45, 2.75) is 24.3 Å². The van der Waals surface area contributed by atoms with E-state index in [2.05, 4.69) is 15.1 Å². The van der Waals surface area contributed by atoms with Gasteiger partial charge in [-0.3, -0.25) is 4.68 Å². The van der Waals surface area contributed by atoms with E-state index < -0.39 is 10.0 Å².